The molecule has 0 spiro atoms. The minimum absolute atomic E-state index is 0.507. The maximum atomic E-state index is 3.22. The molecule has 0 aromatic carbocycles. The van der Waals surface area contributed by atoms with Crippen molar-refractivity contribution in [2.75, 3.05) is 0 Å². The molecule has 0 amide bonds. The van der Waals surface area contributed by atoms with E-state index in [0.717, 1.165) is 0 Å². The van der Waals surface area contributed by atoms with E-state index >= 15 is 0 Å². The van der Waals surface area contributed by atoms with E-state index in [2.05, 4.69) is 71.8 Å². The van der Waals surface area contributed by atoms with Gasteiger partial charge < -0.3 is 0 Å². The summed E-state index contributed by atoms with van der Waals surface area (Å²) in [6.07, 6.45) is 24.4. The van der Waals surface area contributed by atoms with Gasteiger partial charge >= 0.3 is 52.1 Å². The SMILES string of the molecule is CCCCCCCCCCCCCCCC[n+]1ccccc1.[Br][Lu]([Br])[Br]. The third-order valence-corrected chi connectivity index (χ3v) is 4.55. The molecule has 0 unspecified atom stereocenters. The number of rotatable bonds is 15. The summed E-state index contributed by atoms with van der Waals surface area (Å²) < 4.78 is 2.29. The number of pyridine rings is 1. The van der Waals surface area contributed by atoms with Crippen LogP contribution in [-0.4, -0.2) is 0 Å². The molecule has 1 aromatic rings. The summed E-state index contributed by atoms with van der Waals surface area (Å²) in [7, 11) is 9.65. The van der Waals surface area contributed by atoms with E-state index in [9.17, 15) is 0 Å². The van der Waals surface area contributed by atoms with Crippen LogP contribution in [0.2, 0.25) is 0 Å². The first-order valence-corrected chi connectivity index (χ1v) is 21.2. The van der Waals surface area contributed by atoms with Crippen molar-refractivity contribution in [3.05, 3.63) is 30.6 Å². The normalized spacial score (nSPS) is 11.0. The molecule has 0 radical (unpaired) electrons. The van der Waals surface area contributed by atoms with Crippen molar-refractivity contribution in [1.29, 1.82) is 0 Å². The average Bonchev–Trinajstić information content (AvgIpc) is 2.62. The first-order chi connectivity index (χ1) is 12.7. The standard InChI is InChI=1S/C21H38N.3BrH.Lu/c1-2-3-4-5-6-7-8-9-10-11-12-13-14-16-19-22-20-17-15-18-21-22;;;;/h15,17-18,20-21H,2-14,16,19H2,1H3;3*1H;/q+1;;;;+3/p-3. The van der Waals surface area contributed by atoms with Gasteiger partial charge in [-0.1, -0.05) is 90.0 Å². The summed E-state index contributed by atoms with van der Waals surface area (Å²) >= 11 is -0.507. The Morgan fingerprint density at radius 1 is 0.577 bits per heavy atom. The Kier molecular flexibility index (Phi) is 24.7. The van der Waals surface area contributed by atoms with Crippen LogP contribution in [0, 0.1) is 22.4 Å². The Morgan fingerprint density at radius 3 is 1.31 bits per heavy atom. The first kappa shape index (κ1) is 27.8. The summed E-state index contributed by atoms with van der Waals surface area (Å²) in [5, 5.41) is 0. The molecule has 5 heteroatoms. The van der Waals surface area contributed by atoms with Crippen LogP contribution in [0.1, 0.15) is 96.8 Å². The van der Waals surface area contributed by atoms with E-state index in [1.807, 2.05) is 0 Å². The molecule has 1 heterocycles. The van der Waals surface area contributed by atoms with Crippen LogP contribution in [-0.2, 0) is 6.54 Å². The summed E-state index contributed by atoms with van der Waals surface area (Å²) in [5.74, 6) is 0. The number of aryl methyl sites for hydroxylation is 1. The van der Waals surface area contributed by atoms with Crippen LogP contribution in [0.4, 0.5) is 0 Å². The van der Waals surface area contributed by atoms with Gasteiger partial charge in [0.2, 0.25) is 0 Å². The van der Waals surface area contributed by atoms with Gasteiger partial charge in [-0.2, -0.15) is 0 Å². The van der Waals surface area contributed by atoms with Gasteiger partial charge in [0.1, 0.15) is 6.54 Å². The summed E-state index contributed by atoms with van der Waals surface area (Å²) in [4.78, 5) is 0. The van der Waals surface area contributed by atoms with Crippen molar-refractivity contribution in [2.45, 2.75) is 103 Å². The predicted molar refractivity (Wildman–Crippen MR) is 124 cm³/mol. The molecular weight excluding hydrogens is 681 g/mol. The van der Waals surface area contributed by atoms with Crippen LogP contribution >= 0.6 is 29.7 Å². The van der Waals surface area contributed by atoms with Crippen molar-refractivity contribution in [2.24, 2.45) is 0 Å². The fraction of sp³-hybridized carbons (Fsp3) is 0.762. The van der Waals surface area contributed by atoms with Crippen molar-refractivity contribution < 1.29 is 27.0 Å². The average molecular weight is 719 g/mol. The second-order valence-corrected chi connectivity index (χ2v) is 28.9. The van der Waals surface area contributed by atoms with Gasteiger partial charge in [-0.05, 0) is 6.42 Å². The topological polar surface area (TPSA) is 3.88 Å². The Balaban J connectivity index is 0.00000141. The molecule has 162 valence electrons. The van der Waals surface area contributed by atoms with Crippen molar-refractivity contribution in [3.8, 4) is 0 Å². The van der Waals surface area contributed by atoms with Gasteiger partial charge in [-0.15, -0.1) is 0 Å². The predicted octanol–water partition coefficient (Wildman–Crippen LogP) is 8.99. The van der Waals surface area contributed by atoms with Gasteiger partial charge in [-0.3, -0.25) is 0 Å². The molecule has 0 bridgehead atoms. The summed E-state index contributed by atoms with van der Waals surface area (Å²) in [5.41, 5.74) is 0. The summed E-state index contributed by atoms with van der Waals surface area (Å²) in [6, 6.07) is 6.31. The third kappa shape index (κ3) is 23.9. The number of hydrogen-bond acceptors (Lipinski definition) is 0. The second kappa shape index (κ2) is 23.1. The molecule has 0 aliphatic carbocycles. The number of nitrogens with zero attached hydrogens (tertiary/aromatic N) is 1. The van der Waals surface area contributed by atoms with Crippen LogP contribution < -0.4 is 4.57 Å². The third-order valence-electron chi connectivity index (χ3n) is 4.55. The number of hydrogen-bond donors (Lipinski definition) is 0. The Morgan fingerprint density at radius 2 is 0.923 bits per heavy atom. The van der Waals surface area contributed by atoms with Gasteiger partial charge in [0.05, 0.1) is 0 Å². The number of halogens is 3. The molecule has 0 N–H and O–H groups in total. The van der Waals surface area contributed by atoms with E-state index in [1.54, 1.807) is 0 Å². The van der Waals surface area contributed by atoms with Gasteiger partial charge in [0.15, 0.2) is 12.4 Å². The molecule has 0 fully saturated rings. The van der Waals surface area contributed by atoms with Crippen LogP contribution in [0.25, 0.3) is 0 Å². The van der Waals surface area contributed by atoms with E-state index < -0.39 is 22.4 Å². The monoisotopic (exact) mass is 716 g/mol. The fourth-order valence-electron chi connectivity index (χ4n) is 3.07. The zero-order valence-corrected chi connectivity index (χ0v) is 22.7. The van der Waals surface area contributed by atoms with Crippen molar-refractivity contribution in [3.63, 3.8) is 0 Å². The Labute approximate surface area is 188 Å². The van der Waals surface area contributed by atoms with Gasteiger partial charge in [-0.25, -0.2) is 4.57 Å². The van der Waals surface area contributed by atoms with Crippen molar-refractivity contribution >= 4 is 29.7 Å². The zero-order chi connectivity index (χ0) is 19.3. The fourth-order valence-corrected chi connectivity index (χ4v) is 3.07. The molecule has 1 nitrogen and oxygen atoms in total. The van der Waals surface area contributed by atoms with Crippen LogP contribution in [0.15, 0.2) is 30.6 Å². The van der Waals surface area contributed by atoms with Gasteiger partial charge in [0, 0.05) is 18.6 Å². The molecule has 0 atom stereocenters. The van der Waals surface area contributed by atoms with E-state index in [1.165, 1.54) is 96.4 Å². The molecule has 0 aliphatic rings. The molecule has 0 aliphatic heterocycles. The van der Waals surface area contributed by atoms with Gasteiger partial charge in [0.25, 0.3) is 0 Å². The van der Waals surface area contributed by atoms with E-state index in [-0.39, 0.29) is 0 Å². The Bertz CT molecular complexity index is 374. The number of unbranched alkanes of at least 4 members (excludes halogenated alkanes) is 13. The van der Waals surface area contributed by atoms with Crippen molar-refractivity contribution in [1.82, 2.24) is 0 Å². The number of aromatic nitrogens is 1. The molecule has 0 saturated carbocycles. The first-order valence-electron chi connectivity index (χ1n) is 10.2. The quantitative estimate of drug-likeness (QED) is 0.126. The second-order valence-electron chi connectivity index (χ2n) is 6.82. The molecule has 0 saturated heterocycles. The van der Waals surface area contributed by atoms with E-state index in [4.69, 9.17) is 0 Å². The molecule has 1 aromatic heterocycles. The molecule has 26 heavy (non-hydrogen) atoms. The summed E-state index contributed by atoms with van der Waals surface area (Å²) in [6.45, 7) is 3.47. The molecular formula is C21H38Br3LuN+. The Hall–Kier alpha value is 1.82. The van der Waals surface area contributed by atoms with Crippen LogP contribution in [0.5, 0.6) is 0 Å². The maximum absolute atomic E-state index is 3.22. The van der Waals surface area contributed by atoms with Crippen LogP contribution in [0.3, 0.4) is 0 Å². The minimum atomic E-state index is -0.507. The zero-order valence-electron chi connectivity index (χ0n) is 16.3. The van der Waals surface area contributed by atoms with E-state index in [0.29, 0.717) is 0 Å². The molecule has 1 rings (SSSR count).